The predicted molar refractivity (Wildman–Crippen MR) is 121 cm³/mol. The van der Waals surface area contributed by atoms with E-state index in [0.717, 1.165) is 17.3 Å². The zero-order valence-corrected chi connectivity index (χ0v) is 18.3. The molecule has 1 unspecified atom stereocenters. The summed E-state index contributed by atoms with van der Waals surface area (Å²) in [6.07, 6.45) is 0.638. The van der Waals surface area contributed by atoms with E-state index >= 15 is 0 Å². The number of hydrogen-bond acceptors (Lipinski definition) is 6. The van der Waals surface area contributed by atoms with Crippen molar-refractivity contribution in [2.45, 2.75) is 18.3 Å². The van der Waals surface area contributed by atoms with E-state index in [1.54, 1.807) is 36.1 Å². The van der Waals surface area contributed by atoms with Gasteiger partial charge in [0.25, 0.3) is 5.56 Å². The zero-order chi connectivity index (χ0) is 20.4. The Bertz CT molecular complexity index is 1160. The van der Waals surface area contributed by atoms with Gasteiger partial charge in [-0.15, -0.1) is 0 Å². The number of carbonyl (C=O) groups is 1. The smallest absolute Gasteiger partial charge is 0.308 e. The number of para-hydroxylation sites is 1. The van der Waals surface area contributed by atoms with Crippen molar-refractivity contribution in [2.75, 3.05) is 0 Å². The van der Waals surface area contributed by atoms with Gasteiger partial charge in [0.2, 0.25) is 5.90 Å². The Hall–Kier alpha value is -2.40. The van der Waals surface area contributed by atoms with Crippen molar-refractivity contribution < 1.29 is 12.6 Å². The summed E-state index contributed by atoms with van der Waals surface area (Å²) in [5.41, 5.74) is 1.60. The largest absolute Gasteiger partial charge is 0.486 e. The number of rotatable bonds is 5. The molecule has 29 heavy (non-hydrogen) atoms. The third kappa shape index (κ3) is 4.30. The number of aromatic nitrogens is 2. The van der Waals surface area contributed by atoms with E-state index in [2.05, 4.69) is 9.98 Å². The molecule has 2 aromatic carbocycles. The number of hydrogen-bond donors (Lipinski definition) is 0. The van der Waals surface area contributed by atoms with Crippen molar-refractivity contribution in [3.05, 3.63) is 70.3 Å². The molecule has 3 aromatic rings. The summed E-state index contributed by atoms with van der Waals surface area (Å²) in [6, 6.07) is 14.9. The summed E-state index contributed by atoms with van der Waals surface area (Å²) < 4.78 is 12.5. The van der Waals surface area contributed by atoms with E-state index < -0.39 is 0 Å². The lowest BCUT2D eigenvalue weighted by Crippen LogP contribution is -2.23. The number of halogens is 1. The highest BCUT2D eigenvalue weighted by Gasteiger charge is 2.29. The molecule has 0 fully saturated rings. The molecule has 1 atom stereocenters. The van der Waals surface area contributed by atoms with Gasteiger partial charge in [0.1, 0.15) is 18.2 Å². The minimum absolute atomic E-state index is 0.0943. The first kappa shape index (κ1) is 19.9. The molecule has 4 rings (SSSR count). The summed E-state index contributed by atoms with van der Waals surface area (Å²) in [7, 11) is 1.69. The second-order valence-corrected chi connectivity index (χ2v) is 8.04. The fourth-order valence-corrected chi connectivity index (χ4v) is 4.47. The third-order valence-corrected chi connectivity index (χ3v) is 5.98. The van der Waals surface area contributed by atoms with Crippen LogP contribution in [0, 0.1) is 0 Å². The molecule has 9 heteroatoms. The Labute approximate surface area is 184 Å². The van der Waals surface area contributed by atoms with Gasteiger partial charge in [-0.25, -0.2) is 4.98 Å². The SMILES string of the molecule is Cn1c(COc2ccc(CC3SC(=O)N=C3OI)cc2)nc2ccccc2c1=O. The standard InChI is InChI=1S/C20H16IN3O4S/c1-24-17(22-15-5-3-2-4-14(15)19(24)25)11-27-13-8-6-12(7-9-13)10-16-18(28-21)23-20(26)29-16/h2-9,16H,10-11H2,1H3. The summed E-state index contributed by atoms with van der Waals surface area (Å²) in [6.45, 7) is 0.183. The number of amides is 1. The molecule has 1 aliphatic rings. The zero-order valence-electron chi connectivity index (χ0n) is 15.4. The van der Waals surface area contributed by atoms with Gasteiger partial charge in [0, 0.05) is 7.05 Å². The van der Waals surface area contributed by atoms with Gasteiger partial charge in [-0.3, -0.25) is 14.2 Å². The van der Waals surface area contributed by atoms with Gasteiger partial charge >= 0.3 is 5.24 Å². The molecule has 0 aliphatic carbocycles. The summed E-state index contributed by atoms with van der Waals surface area (Å²) >= 11 is 2.91. The Balaban J connectivity index is 1.44. The predicted octanol–water partition coefficient (Wildman–Crippen LogP) is 4.06. The van der Waals surface area contributed by atoms with Crippen molar-refractivity contribution in [2.24, 2.45) is 12.0 Å². The number of fused-ring (bicyclic) bond motifs is 1. The molecule has 0 saturated heterocycles. The molecule has 2 heterocycles. The molecule has 1 aliphatic heterocycles. The first-order chi connectivity index (χ1) is 14.0. The lowest BCUT2D eigenvalue weighted by molar-refractivity contribution is 0.267. The van der Waals surface area contributed by atoms with Crippen LogP contribution in [0.1, 0.15) is 11.4 Å². The molecule has 7 nitrogen and oxygen atoms in total. The average Bonchev–Trinajstić information content (AvgIpc) is 3.10. The Morgan fingerprint density at radius 1 is 1.14 bits per heavy atom. The van der Waals surface area contributed by atoms with Gasteiger partial charge < -0.3 is 7.80 Å². The van der Waals surface area contributed by atoms with Crippen molar-refractivity contribution >= 4 is 56.8 Å². The van der Waals surface area contributed by atoms with E-state index in [1.807, 2.05) is 42.5 Å². The molecule has 0 N–H and O–H groups in total. The van der Waals surface area contributed by atoms with Gasteiger partial charge in [0.05, 0.1) is 16.2 Å². The average molecular weight is 521 g/mol. The first-order valence-corrected chi connectivity index (χ1v) is 10.6. The Morgan fingerprint density at radius 2 is 1.90 bits per heavy atom. The minimum Gasteiger partial charge on any atom is -0.486 e. The summed E-state index contributed by atoms with van der Waals surface area (Å²) in [5, 5.41) is 0.252. The summed E-state index contributed by atoms with van der Waals surface area (Å²) in [4.78, 5) is 32.3. The fraction of sp³-hybridized carbons (Fsp3) is 0.200. The quantitative estimate of drug-likeness (QED) is 0.472. The second-order valence-electron chi connectivity index (χ2n) is 6.45. The second kappa shape index (κ2) is 8.54. The van der Waals surface area contributed by atoms with E-state index in [4.69, 9.17) is 7.80 Å². The molecule has 1 aromatic heterocycles. The number of benzene rings is 2. The van der Waals surface area contributed by atoms with Crippen LogP contribution in [0.3, 0.4) is 0 Å². The number of thioether (sulfide) groups is 1. The third-order valence-electron chi connectivity index (χ3n) is 4.59. The topological polar surface area (TPSA) is 82.8 Å². The van der Waals surface area contributed by atoms with Crippen LogP contribution >= 0.6 is 34.8 Å². The van der Waals surface area contributed by atoms with Crippen LogP contribution in [0.4, 0.5) is 4.79 Å². The molecule has 148 valence electrons. The van der Waals surface area contributed by atoms with E-state index in [0.29, 0.717) is 34.8 Å². The number of carbonyl (C=O) groups excluding carboxylic acids is 1. The normalized spacial score (nSPS) is 16.1. The minimum atomic E-state index is -0.227. The van der Waals surface area contributed by atoms with Crippen LogP contribution in [-0.2, 0) is 23.1 Å². The van der Waals surface area contributed by atoms with Crippen molar-refractivity contribution in [1.29, 1.82) is 0 Å². The van der Waals surface area contributed by atoms with Crippen molar-refractivity contribution in [3.8, 4) is 5.75 Å². The fourth-order valence-electron chi connectivity index (χ4n) is 3.03. The van der Waals surface area contributed by atoms with Crippen LogP contribution in [0.5, 0.6) is 5.75 Å². The van der Waals surface area contributed by atoms with Crippen LogP contribution in [0.15, 0.2) is 58.3 Å². The highest BCUT2D eigenvalue weighted by Crippen LogP contribution is 2.28. The van der Waals surface area contributed by atoms with Crippen molar-refractivity contribution in [1.82, 2.24) is 9.55 Å². The van der Waals surface area contributed by atoms with Crippen LogP contribution < -0.4 is 10.3 Å². The number of nitrogens with zero attached hydrogens (tertiary/aromatic N) is 3. The molecule has 0 bridgehead atoms. The van der Waals surface area contributed by atoms with E-state index in [-0.39, 0.29) is 22.7 Å². The first-order valence-electron chi connectivity index (χ1n) is 8.79. The molecular formula is C20H16IN3O4S. The van der Waals surface area contributed by atoms with Gasteiger partial charge in [-0.2, -0.15) is 4.99 Å². The molecule has 0 saturated carbocycles. The van der Waals surface area contributed by atoms with Gasteiger partial charge in [-0.1, -0.05) is 24.3 Å². The van der Waals surface area contributed by atoms with Crippen LogP contribution in [-0.4, -0.2) is 25.9 Å². The molecule has 0 spiro atoms. The van der Waals surface area contributed by atoms with E-state index in [1.165, 1.54) is 4.57 Å². The molecule has 1 amide bonds. The van der Waals surface area contributed by atoms with Crippen LogP contribution in [0.25, 0.3) is 10.9 Å². The molecular weight excluding hydrogens is 505 g/mol. The molecule has 0 radical (unpaired) electrons. The lowest BCUT2D eigenvalue weighted by Gasteiger charge is -2.12. The van der Waals surface area contributed by atoms with Crippen LogP contribution in [0.2, 0.25) is 0 Å². The Kier molecular flexibility index (Phi) is 5.86. The monoisotopic (exact) mass is 521 g/mol. The van der Waals surface area contributed by atoms with Gasteiger partial charge in [-0.05, 0) is 48.0 Å². The highest BCUT2D eigenvalue weighted by molar-refractivity contribution is 14.1. The summed E-state index contributed by atoms with van der Waals surface area (Å²) in [5.74, 6) is 1.67. The maximum atomic E-state index is 12.5. The Morgan fingerprint density at radius 3 is 2.66 bits per heavy atom. The number of aliphatic imine (C=N–C) groups is 1. The van der Waals surface area contributed by atoms with E-state index in [9.17, 15) is 9.59 Å². The maximum Gasteiger partial charge on any atom is 0.308 e. The highest BCUT2D eigenvalue weighted by atomic mass is 127. The van der Waals surface area contributed by atoms with Crippen molar-refractivity contribution in [3.63, 3.8) is 0 Å². The lowest BCUT2D eigenvalue weighted by atomic mass is 10.1. The number of ether oxygens (including phenoxy) is 1. The maximum absolute atomic E-state index is 12.5. The van der Waals surface area contributed by atoms with Gasteiger partial charge in [0.15, 0.2) is 23.0 Å².